The summed E-state index contributed by atoms with van der Waals surface area (Å²) < 4.78 is 5.67. The Balaban J connectivity index is 1.94. The summed E-state index contributed by atoms with van der Waals surface area (Å²) in [6, 6.07) is 9.83. The summed E-state index contributed by atoms with van der Waals surface area (Å²) in [5.74, 6) is -0.628. The van der Waals surface area contributed by atoms with Crippen LogP contribution in [0.2, 0.25) is 0 Å². The molecule has 22 heavy (non-hydrogen) atoms. The molecule has 2 N–H and O–H groups in total. The number of hydrogen-bond donors (Lipinski definition) is 1. The highest BCUT2D eigenvalue weighted by Crippen LogP contribution is 2.24. The summed E-state index contributed by atoms with van der Waals surface area (Å²) in [5.41, 5.74) is 6.31. The Morgan fingerprint density at radius 1 is 1.27 bits per heavy atom. The van der Waals surface area contributed by atoms with Crippen molar-refractivity contribution in [3.8, 4) is 0 Å². The minimum Gasteiger partial charge on any atom is -0.368 e. The van der Waals surface area contributed by atoms with Gasteiger partial charge in [-0.15, -0.1) is 0 Å². The van der Waals surface area contributed by atoms with Crippen LogP contribution < -0.4 is 5.73 Å². The Morgan fingerprint density at radius 3 is 2.50 bits per heavy atom. The lowest BCUT2D eigenvalue weighted by Crippen LogP contribution is -2.48. The molecule has 1 aliphatic carbocycles. The number of amides is 2. The quantitative estimate of drug-likeness (QED) is 0.835. The largest absolute Gasteiger partial charge is 0.368 e. The second kappa shape index (κ2) is 7.94. The summed E-state index contributed by atoms with van der Waals surface area (Å²) in [6.45, 7) is 2.08. The highest BCUT2D eigenvalue weighted by atomic mass is 16.5. The fourth-order valence-electron chi connectivity index (χ4n) is 2.87. The molecule has 0 saturated heterocycles. The van der Waals surface area contributed by atoms with Crippen molar-refractivity contribution < 1.29 is 14.3 Å². The molecular formula is C17H24N2O3. The molecule has 1 atom stereocenters. The lowest BCUT2D eigenvalue weighted by molar-refractivity contribution is -0.148. The average Bonchev–Trinajstić information content (AvgIpc) is 3.04. The van der Waals surface area contributed by atoms with Crippen molar-refractivity contribution in [2.24, 2.45) is 5.73 Å². The Kier molecular flexibility index (Phi) is 5.95. The molecule has 2 rings (SSSR count). The third-order valence-corrected chi connectivity index (χ3v) is 4.07. The van der Waals surface area contributed by atoms with Gasteiger partial charge in [-0.25, -0.2) is 0 Å². The van der Waals surface area contributed by atoms with Gasteiger partial charge in [0, 0.05) is 6.04 Å². The highest BCUT2D eigenvalue weighted by Gasteiger charge is 2.30. The van der Waals surface area contributed by atoms with Gasteiger partial charge in [-0.05, 0) is 25.3 Å². The molecule has 1 aromatic rings. The number of primary amides is 1. The van der Waals surface area contributed by atoms with E-state index in [-0.39, 0.29) is 18.5 Å². The zero-order valence-corrected chi connectivity index (χ0v) is 13.0. The smallest absolute Gasteiger partial charge is 0.252 e. The molecule has 0 radical (unpaired) electrons. The van der Waals surface area contributed by atoms with Gasteiger partial charge in [0.25, 0.3) is 5.91 Å². The first-order chi connectivity index (χ1) is 10.6. The van der Waals surface area contributed by atoms with Crippen molar-refractivity contribution in [3.63, 3.8) is 0 Å². The Bertz CT molecular complexity index is 498. The van der Waals surface area contributed by atoms with Crippen LogP contribution >= 0.6 is 0 Å². The fourth-order valence-corrected chi connectivity index (χ4v) is 2.87. The Labute approximate surface area is 131 Å². The van der Waals surface area contributed by atoms with E-state index in [4.69, 9.17) is 10.5 Å². The number of carbonyl (C=O) groups excluding carboxylic acids is 2. The number of nitrogens with zero attached hydrogens (tertiary/aromatic N) is 1. The van der Waals surface area contributed by atoms with E-state index in [9.17, 15) is 9.59 Å². The lowest BCUT2D eigenvalue weighted by atomic mass is 10.2. The highest BCUT2D eigenvalue weighted by molar-refractivity contribution is 5.86. The molecule has 1 fully saturated rings. The van der Waals surface area contributed by atoms with Crippen LogP contribution in [0.3, 0.4) is 0 Å². The van der Waals surface area contributed by atoms with Crippen LogP contribution in [0.5, 0.6) is 0 Å². The number of carbonyl (C=O) groups is 2. The third-order valence-electron chi connectivity index (χ3n) is 4.07. The minimum atomic E-state index is -0.583. The molecule has 1 aromatic carbocycles. The summed E-state index contributed by atoms with van der Waals surface area (Å²) >= 11 is 0. The standard InChI is InChI=1S/C17H24N2O3/c1-13(22-12-14-7-3-2-4-8-14)17(21)19(11-16(18)20)15-9-5-6-10-15/h2-4,7-8,13,15H,5-6,9-12H2,1H3,(H2,18,20). The predicted octanol–water partition coefficient (Wildman–Crippen LogP) is 1.85. The van der Waals surface area contributed by atoms with Crippen molar-refractivity contribution in [1.29, 1.82) is 0 Å². The Morgan fingerprint density at radius 2 is 1.91 bits per heavy atom. The molecule has 5 heteroatoms. The van der Waals surface area contributed by atoms with Gasteiger partial charge >= 0.3 is 0 Å². The van der Waals surface area contributed by atoms with E-state index in [1.54, 1.807) is 11.8 Å². The van der Waals surface area contributed by atoms with E-state index in [1.165, 1.54) is 0 Å². The predicted molar refractivity (Wildman–Crippen MR) is 83.9 cm³/mol. The number of nitrogens with two attached hydrogens (primary N) is 1. The van der Waals surface area contributed by atoms with Crippen LogP contribution in [0.4, 0.5) is 0 Å². The van der Waals surface area contributed by atoms with Gasteiger partial charge in [0.05, 0.1) is 13.2 Å². The maximum absolute atomic E-state index is 12.6. The van der Waals surface area contributed by atoms with Crippen molar-refractivity contribution in [2.75, 3.05) is 6.54 Å². The van der Waals surface area contributed by atoms with E-state index in [0.29, 0.717) is 6.61 Å². The normalized spacial score (nSPS) is 16.4. The molecule has 1 unspecified atom stereocenters. The van der Waals surface area contributed by atoms with Crippen molar-refractivity contribution in [1.82, 2.24) is 4.90 Å². The van der Waals surface area contributed by atoms with Crippen molar-refractivity contribution >= 4 is 11.8 Å². The topological polar surface area (TPSA) is 72.6 Å². The van der Waals surface area contributed by atoms with Crippen LogP contribution in [0, 0.1) is 0 Å². The van der Waals surface area contributed by atoms with Gasteiger partial charge in [0.15, 0.2) is 0 Å². The van der Waals surface area contributed by atoms with Gasteiger partial charge in [-0.1, -0.05) is 43.2 Å². The summed E-state index contributed by atoms with van der Waals surface area (Å²) in [5, 5.41) is 0. The zero-order chi connectivity index (χ0) is 15.9. The molecule has 1 aliphatic rings. The second-order valence-corrected chi connectivity index (χ2v) is 5.81. The van der Waals surface area contributed by atoms with Crippen molar-refractivity contribution in [2.45, 2.75) is 51.4 Å². The molecule has 0 bridgehead atoms. The molecular weight excluding hydrogens is 280 g/mol. The molecule has 0 aromatic heterocycles. The molecule has 1 saturated carbocycles. The average molecular weight is 304 g/mol. The van der Waals surface area contributed by atoms with Gasteiger partial charge in [-0.2, -0.15) is 0 Å². The van der Waals surface area contributed by atoms with Crippen LogP contribution in [0.1, 0.15) is 38.2 Å². The van der Waals surface area contributed by atoms with Gasteiger partial charge < -0.3 is 15.4 Å². The van der Waals surface area contributed by atoms with E-state index >= 15 is 0 Å². The van der Waals surface area contributed by atoms with Crippen LogP contribution in [0.25, 0.3) is 0 Å². The number of hydrogen-bond acceptors (Lipinski definition) is 3. The van der Waals surface area contributed by atoms with E-state index in [2.05, 4.69) is 0 Å². The first kappa shape index (κ1) is 16.5. The maximum atomic E-state index is 12.6. The first-order valence-corrected chi connectivity index (χ1v) is 7.82. The van der Waals surface area contributed by atoms with Gasteiger partial charge in [0.1, 0.15) is 6.10 Å². The molecule has 0 spiro atoms. The summed E-state index contributed by atoms with van der Waals surface area (Å²) in [4.78, 5) is 25.4. The fraction of sp³-hybridized carbons (Fsp3) is 0.529. The minimum absolute atomic E-state index is 0.0253. The molecule has 0 aliphatic heterocycles. The zero-order valence-electron chi connectivity index (χ0n) is 13.0. The second-order valence-electron chi connectivity index (χ2n) is 5.81. The summed E-state index contributed by atoms with van der Waals surface area (Å²) in [6.07, 6.45) is 3.47. The Hall–Kier alpha value is -1.88. The molecule has 5 nitrogen and oxygen atoms in total. The lowest BCUT2D eigenvalue weighted by Gasteiger charge is -2.30. The molecule has 2 amide bonds. The van der Waals surface area contributed by atoms with E-state index in [1.807, 2.05) is 30.3 Å². The van der Waals surface area contributed by atoms with E-state index < -0.39 is 12.0 Å². The van der Waals surface area contributed by atoms with Gasteiger partial charge in [0.2, 0.25) is 5.91 Å². The number of rotatable bonds is 7. The molecule has 120 valence electrons. The van der Waals surface area contributed by atoms with E-state index in [0.717, 1.165) is 31.2 Å². The monoisotopic (exact) mass is 304 g/mol. The SMILES string of the molecule is CC(OCc1ccccc1)C(=O)N(CC(N)=O)C1CCCC1. The van der Waals surface area contributed by atoms with Crippen LogP contribution in [-0.4, -0.2) is 35.4 Å². The summed E-state index contributed by atoms with van der Waals surface area (Å²) in [7, 11) is 0. The first-order valence-electron chi connectivity index (χ1n) is 7.82. The molecule has 0 heterocycles. The van der Waals surface area contributed by atoms with Crippen molar-refractivity contribution in [3.05, 3.63) is 35.9 Å². The number of benzene rings is 1. The van der Waals surface area contributed by atoms with Crippen LogP contribution in [0.15, 0.2) is 30.3 Å². The van der Waals surface area contributed by atoms with Crippen LogP contribution in [-0.2, 0) is 20.9 Å². The third kappa shape index (κ3) is 4.56. The number of ether oxygens (including phenoxy) is 1. The van der Waals surface area contributed by atoms with Gasteiger partial charge in [-0.3, -0.25) is 9.59 Å². The maximum Gasteiger partial charge on any atom is 0.252 e.